The maximum Gasteiger partial charge on any atom is 0.490 e. The molecule has 8 nitrogen and oxygen atoms in total. The molecule has 0 bridgehead atoms. The molecule has 3 amide bonds. The van der Waals surface area contributed by atoms with E-state index in [2.05, 4.69) is 10.6 Å². The Balaban J connectivity index is 0.000000638. The lowest BCUT2D eigenvalue weighted by molar-refractivity contribution is -0.192. The highest BCUT2D eigenvalue weighted by molar-refractivity contribution is 5.97. The number of hydrogen-bond donors (Lipinski definition) is 3. The van der Waals surface area contributed by atoms with Gasteiger partial charge in [-0.2, -0.15) is 13.2 Å². The third-order valence-corrected chi connectivity index (χ3v) is 6.59. The molecule has 2 aliphatic rings. The lowest BCUT2D eigenvalue weighted by atomic mass is 9.95. The first-order chi connectivity index (χ1) is 17.7. The van der Waals surface area contributed by atoms with Crippen LogP contribution in [-0.4, -0.2) is 59.0 Å². The minimum atomic E-state index is -5.08. The molecule has 1 saturated heterocycles. The molecular weight excluding hydrogens is 503 g/mol. The molecule has 1 unspecified atom stereocenters. The molecule has 1 heterocycles. The van der Waals surface area contributed by atoms with Crippen molar-refractivity contribution in [3.63, 3.8) is 0 Å². The fourth-order valence-corrected chi connectivity index (χ4v) is 4.32. The number of amides is 3. The minimum Gasteiger partial charge on any atom is -0.475 e. The van der Waals surface area contributed by atoms with Crippen molar-refractivity contribution in [2.24, 2.45) is 11.3 Å². The van der Waals surface area contributed by atoms with E-state index in [0.717, 1.165) is 25.7 Å². The summed E-state index contributed by atoms with van der Waals surface area (Å²) in [6, 6.07) is 7.30. The molecule has 212 valence electrons. The molecule has 2 fully saturated rings. The summed E-state index contributed by atoms with van der Waals surface area (Å²) in [6.45, 7) is 6.73. The van der Waals surface area contributed by atoms with Crippen LogP contribution >= 0.6 is 0 Å². The van der Waals surface area contributed by atoms with Crippen molar-refractivity contribution in [3.8, 4) is 0 Å². The zero-order chi connectivity index (χ0) is 28.5. The van der Waals surface area contributed by atoms with E-state index in [4.69, 9.17) is 9.90 Å². The van der Waals surface area contributed by atoms with E-state index >= 15 is 0 Å². The third kappa shape index (κ3) is 9.98. The van der Waals surface area contributed by atoms with Crippen molar-refractivity contribution in [1.82, 2.24) is 10.2 Å². The Labute approximate surface area is 221 Å². The van der Waals surface area contributed by atoms with Crippen LogP contribution in [0, 0.1) is 11.3 Å². The largest absolute Gasteiger partial charge is 0.490 e. The Morgan fingerprint density at radius 2 is 1.45 bits per heavy atom. The second-order valence-electron chi connectivity index (χ2n) is 10.9. The number of carbonyl (C=O) groups excluding carboxylic acids is 3. The quantitative estimate of drug-likeness (QED) is 0.464. The summed E-state index contributed by atoms with van der Waals surface area (Å²) in [4.78, 5) is 48.7. The molecule has 1 aromatic rings. The number of nitrogens with one attached hydrogen (secondary N) is 2. The Morgan fingerprint density at radius 1 is 0.895 bits per heavy atom. The topological polar surface area (TPSA) is 116 Å². The summed E-state index contributed by atoms with van der Waals surface area (Å²) >= 11 is 0. The molecule has 1 aliphatic carbocycles. The molecule has 0 aromatic heterocycles. The van der Waals surface area contributed by atoms with Gasteiger partial charge in [-0.25, -0.2) is 4.79 Å². The summed E-state index contributed by atoms with van der Waals surface area (Å²) in [6.07, 6.45) is 3.62. The number of hydrogen-bond acceptors (Lipinski definition) is 4. The highest BCUT2D eigenvalue weighted by atomic mass is 19.4. The van der Waals surface area contributed by atoms with Crippen molar-refractivity contribution < 1.29 is 37.5 Å². The number of carbonyl (C=O) groups is 4. The van der Waals surface area contributed by atoms with Crippen LogP contribution in [0.15, 0.2) is 24.3 Å². The van der Waals surface area contributed by atoms with Crippen LogP contribution < -0.4 is 10.6 Å². The third-order valence-electron chi connectivity index (χ3n) is 6.59. The van der Waals surface area contributed by atoms with Crippen LogP contribution in [0.1, 0.15) is 82.5 Å². The van der Waals surface area contributed by atoms with Crippen LogP contribution in [-0.2, 0) is 14.4 Å². The average molecular weight is 542 g/mol. The van der Waals surface area contributed by atoms with Gasteiger partial charge in [0.2, 0.25) is 11.8 Å². The van der Waals surface area contributed by atoms with E-state index < -0.39 is 17.6 Å². The number of rotatable bonds is 4. The van der Waals surface area contributed by atoms with Crippen molar-refractivity contribution in [2.75, 3.05) is 18.4 Å². The summed E-state index contributed by atoms with van der Waals surface area (Å²) in [5, 5.41) is 13.2. The predicted octanol–water partition coefficient (Wildman–Crippen LogP) is 5.00. The van der Waals surface area contributed by atoms with Gasteiger partial charge in [0.05, 0.1) is 5.92 Å². The number of aliphatic carboxylic acids is 1. The van der Waals surface area contributed by atoms with Crippen molar-refractivity contribution in [3.05, 3.63) is 29.8 Å². The van der Waals surface area contributed by atoms with Gasteiger partial charge in [0.25, 0.3) is 5.91 Å². The van der Waals surface area contributed by atoms with Gasteiger partial charge in [0, 0.05) is 35.8 Å². The molecule has 1 saturated carbocycles. The minimum absolute atomic E-state index is 0.0549. The second-order valence-corrected chi connectivity index (χ2v) is 10.9. The molecular formula is C27H38F3N3O5. The first kappa shape index (κ1) is 31.1. The van der Waals surface area contributed by atoms with E-state index in [1.54, 1.807) is 29.2 Å². The van der Waals surface area contributed by atoms with E-state index in [0.29, 0.717) is 24.3 Å². The smallest absolute Gasteiger partial charge is 0.475 e. The summed E-state index contributed by atoms with van der Waals surface area (Å²) in [5.41, 5.74) is 0.781. The predicted molar refractivity (Wildman–Crippen MR) is 136 cm³/mol. The maximum absolute atomic E-state index is 13.0. The van der Waals surface area contributed by atoms with Gasteiger partial charge >= 0.3 is 12.1 Å². The zero-order valence-electron chi connectivity index (χ0n) is 22.2. The van der Waals surface area contributed by atoms with Gasteiger partial charge in [-0.1, -0.05) is 46.5 Å². The number of alkyl halides is 3. The Kier molecular flexibility index (Phi) is 11.1. The number of carboxylic acid groups (broad SMARTS) is 1. The Bertz CT molecular complexity index is 966. The first-order valence-electron chi connectivity index (χ1n) is 13.0. The molecule has 0 spiro atoms. The van der Waals surface area contributed by atoms with Crippen molar-refractivity contribution in [2.45, 2.75) is 84.4 Å². The van der Waals surface area contributed by atoms with Gasteiger partial charge in [0.15, 0.2) is 0 Å². The number of nitrogens with zero attached hydrogens (tertiary/aromatic N) is 1. The highest BCUT2D eigenvalue weighted by Gasteiger charge is 2.38. The fourth-order valence-electron chi connectivity index (χ4n) is 4.32. The van der Waals surface area contributed by atoms with Crippen LogP contribution in [0.4, 0.5) is 18.9 Å². The number of anilines is 1. The lowest BCUT2D eigenvalue weighted by Crippen LogP contribution is -2.47. The van der Waals surface area contributed by atoms with Crippen molar-refractivity contribution >= 4 is 29.4 Å². The SMILES string of the molecule is CC(C)(C)C(=O)Nc1ccc(C(=O)N2CCCC(C(=O)NC3CCCCCC3)C2)cc1.O=C(O)C(F)(F)F. The summed E-state index contributed by atoms with van der Waals surface area (Å²) in [5.74, 6) is -2.91. The van der Waals surface area contributed by atoms with Crippen LogP contribution in [0.3, 0.4) is 0 Å². The highest BCUT2D eigenvalue weighted by Crippen LogP contribution is 2.23. The van der Waals surface area contributed by atoms with Gasteiger partial charge in [0.1, 0.15) is 0 Å². The molecule has 1 atom stereocenters. The van der Waals surface area contributed by atoms with Gasteiger partial charge in [-0.15, -0.1) is 0 Å². The zero-order valence-corrected chi connectivity index (χ0v) is 22.2. The van der Waals surface area contributed by atoms with Crippen LogP contribution in [0.25, 0.3) is 0 Å². The molecule has 1 aromatic carbocycles. The number of carboxylic acids is 1. The molecule has 38 heavy (non-hydrogen) atoms. The van der Waals surface area contributed by atoms with E-state index in [9.17, 15) is 27.6 Å². The number of piperidine rings is 1. The number of benzene rings is 1. The summed E-state index contributed by atoms with van der Waals surface area (Å²) < 4.78 is 31.7. The molecule has 11 heteroatoms. The fraction of sp³-hybridized carbons (Fsp3) is 0.630. The Morgan fingerprint density at radius 3 is 1.95 bits per heavy atom. The number of halogens is 3. The van der Waals surface area contributed by atoms with Gasteiger partial charge in [-0.3, -0.25) is 14.4 Å². The first-order valence-corrected chi connectivity index (χ1v) is 13.0. The molecule has 3 N–H and O–H groups in total. The molecule has 3 rings (SSSR count). The standard InChI is InChI=1S/C25H37N3O3.C2HF3O2/c1-25(2,3)24(31)27-21-14-12-18(13-15-21)23(30)28-16-8-9-19(17-28)22(29)26-20-10-6-4-5-7-11-20;3-2(4,5)1(6)7/h12-15,19-20H,4-11,16-17H2,1-3H3,(H,26,29)(H,27,31);(H,6,7). The van der Waals surface area contributed by atoms with E-state index in [1.165, 1.54) is 25.7 Å². The van der Waals surface area contributed by atoms with Gasteiger partial charge < -0.3 is 20.6 Å². The maximum atomic E-state index is 13.0. The van der Waals surface area contributed by atoms with Crippen LogP contribution in [0.2, 0.25) is 0 Å². The monoisotopic (exact) mass is 541 g/mol. The normalized spacial score (nSPS) is 18.9. The van der Waals surface area contributed by atoms with Crippen molar-refractivity contribution in [1.29, 1.82) is 0 Å². The van der Waals surface area contributed by atoms with E-state index in [1.807, 2.05) is 20.8 Å². The molecule has 0 radical (unpaired) electrons. The van der Waals surface area contributed by atoms with Crippen LogP contribution in [0.5, 0.6) is 0 Å². The number of likely N-dealkylation sites (tertiary alicyclic amines) is 1. The lowest BCUT2D eigenvalue weighted by Gasteiger charge is -2.33. The average Bonchev–Trinajstić information content (AvgIpc) is 3.12. The van der Waals surface area contributed by atoms with Gasteiger partial charge in [-0.05, 0) is 49.9 Å². The summed E-state index contributed by atoms with van der Waals surface area (Å²) in [7, 11) is 0. The molecule has 1 aliphatic heterocycles. The second kappa shape index (κ2) is 13.6. The Hall–Kier alpha value is -3.11. The van der Waals surface area contributed by atoms with E-state index in [-0.39, 0.29) is 29.7 Å².